The molecule has 18 heavy (non-hydrogen) atoms. The van der Waals surface area contributed by atoms with Crippen LogP contribution in [0.25, 0.3) is 0 Å². The fourth-order valence-electron chi connectivity index (χ4n) is 1.42. The summed E-state index contributed by atoms with van der Waals surface area (Å²) in [5.41, 5.74) is 0.159. The lowest BCUT2D eigenvalue weighted by Crippen LogP contribution is -2.30. The molecular formula is C11H14FN3O3. The number of rotatable bonds is 6. The van der Waals surface area contributed by atoms with Crippen LogP contribution in [0.1, 0.15) is 12.5 Å². The van der Waals surface area contributed by atoms with E-state index in [2.05, 4.69) is 10.6 Å². The zero-order valence-electron chi connectivity index (χ0n) is 9.90. The molecule has 1 aromatic rings. The minimum absolute atomic E-state index is 0.122. The number of amides is 1. The molecule has 0 heterocycles. The normalized spacial score (nSPS) is 10.1. The Hall–Kier alpha value is -2.02. The van der Waals surface area contributed by atoms with Gasteiger partial charge in [-0.2, -0.15) is 0 Å². The lowest BCUT2D eigenvalue weighted by atomic mass is 10.1. The second-order valence-electron chi connectivity index (χ2n) is 3.69. The van der Waals surface area contributed by atoms with Gasteiger partial charge in [0.2, 0.25) is 5.91 Å². The zero-order valence-corrected chi connectivity index (χ0v) is 9.90. The summed E-state index contributed by atoms with van der Waals surface area (Å²) >= 11 is 0. The number of nitrogens with one attached hydrogen (secondary N) is 2. The number of benzene rings is 1. The van der Waals surface area contributed by atoms with Gasteiger partial charge in [0.15, 0.2) is 0 Å². The molecule has 0 radical (unpaired) electrons. The average Bonchev–Trinajstić information content (AvgIpc) is 2.27. The predicted molar refractivity (Wildman–Crippen MR) is 63.4 cm³/mol. The summed E-state index contributed by atoms with van der Waals surface area (Å²) in [4.78, 5) is 20.7. The molecule has 1 rings (SSSR count). The Morgan fingerprint density at radius 3 is 2.78 bits per heavy atom. The van der Waals surface area contributed by atoms with Crippen molar-refractivity contribution in [1.82, 2.24) is 10.6 Å². The Morgan fingerprint density at radius 1 is 1.44 bits per heavy atom. The molecule has 0 aromatic heterocycles. The topological polar surface area (TPSA) is 84.3 Å². The number of carbonyl (C=O) groups excluding carboxylic acids is 1. The smallest absolute Gasteiger partial charge is 0.274 e. The van der Waals surface area contributed by atoms with Crippen molar-refractivity contribution < 1.29 is 14.1 Å². The van der Waals surface area contributed by atoms with Gasteiger partial charge in [-0.05, 0) is 12.1 Å². The number of carbonyl (C=O) groups is 1. The number of nitro groups is 1. The first-order valence-electron chi connectivity index (χ1n) is 5.38. The number of nitrogens with zero attached hydrogens (tertiary/aromatic N) is 1. The average molecular weight is 255 g/mol. The predicted octanol–water partition coefficient (Wildman–Crippen LogP) is 0.960. The van der Waals surface area contributed by atoms with Gasteiger partial charge in [-0.15, -0.1) is 0 Å². The molecule has 0 saturated heterocycles. The first kappa shape index (κ1) is 14.0. The molecule has 0 fully saturated rings. The van der Waals surface area contributed by atoms with Crippen LogP contribution in [-0.4, -0.2) is 23.9 Å². The second-order valence-corrected chi connectivity index (χ2v) is 3.69. The van der Waals surface area contributed by atoms with E-state index in [1.807, 2.05) is 0 Å². The van der Waals surface area contributed by atoms with Crippen LogP contribution >= 0.6 is 0 Å². The largest absolute Gasteiger partial charge is 0.355 e. The molecule has 0 aliphatic heterocycles. The first-order valence-corrected chi connectivity index (χ1v) is 5.38. The van der Waals surface area contributed by atoms with Crippen LogP contribution in [0.4, 0.5) is 10.1 Å². The Morgan fingerprint density at radius 2 is 2.17 bits per heavy atom. The standard InChI is InChI=1S/C11H14FN3O3/c1-8(16)14-5-4-13-7-9-6-10(12)2-3-11(9)15(17)18/h2-3,6,13H,4-5,7H2,1H3,(H,14,16). The van der Waals surface area contributed by atoms with Crippen molar-refractivity contribution in [2.75, 3.05) is 13.1 Å². The fraction of sp³-hybridized carbons (Fsp3) is 0.364. The number of nitro benzene ring substituents is 1. The molecule has 98 valence electrons. The van der Waals surface area contributed by atoms with E-state index in [1.54, 1.807) is 0 Å². The monoisotopic (exact) mass is 255 g/mol. The highest BCUT2D eigenvalue weighted by molar-refractivity contribution is 5.72. The summed E-state index contributed by atoms with van der Waals surface area (Å²) in [6.07, 6.45) is 0. The molecular weight excluding hydrogens is 241 g/mol. The van der Waals surface area contributed by atoms with Crippen LogP contribution in [0.3, 0.4) is 0 Å². The summed E-state index contributed by atoms with van der Waals surface area (Å²) in [6.45, 7) is 2.44. The van der Waals surface area contributed by atoms with E-state index in [0.717, 1.165) is 18.2 Å². The second kappa shape index (κ2) is 6.65. The molecule has 0 atom stereocenters. The molecule has 6 nitrogen and oxygen atoms in total. The quantitative estimate of drug-likeness (QED) is 0.450. The highest BCUT2D eigenvalue weighted by Crippen LogP contribution is 2.18. The molecule has 0 saturated carbocycles. The van der Waals surface area contributed by atoms with Gasteiger partial charge in [0.05, 0.1) is 4.92 Å². The Balaban J connectivity index is 2.53. The molecule has 0 spiro atoms. The van der Waals surface area contributed by atoms with Gasteiger partial charge in [-0.25, -0.2) is 4.39 Å². The number of hydrogen-bond acceptors (Lipinski definition) is 4. The van der Waals surface area contributed by atoms with Crippen molar-refractivity contribution in [3.8, 4) is 0 Å². The van der Waals surface area contributed by atoms with Crippen molar-refractivity contribution in [1.29, 1.82) is 0 Å². The van der Waals surface area contributed by atoms with Crippen molar-refractivity contribution in [2.24, 2.45) is 0 Å². The van der Waals surface area contributed by atoms with E-state index < -0.39 is 10.7 Å². The van der Waals surface area contributed by atoms with Gasteiger partial charge in [-0.1, -0.05) is 0 Å². The molecule has 0 unspecified atom stereocenters. The fourth-order valence-corrected chi connectivity index (χ4v) is 1.42. The molecule has 7 heteroatoms. The van der Waals surface area contributed by atoms with Crippen molar-refractivity contribution in [2.45, 2.75) is 13.5 Å². The van der Waals surface area contributed by atoms with Crippen molar-refractivity contribution >= 4 is 11.6 Å². The molecule has 1 amide bonds. The van der Waals surface area contributed by atoms with Gasteiger partial charge < -0.3 is 10.6 Å². The lowest BCUT2D eigenvalue weighted by molar-refractivity contribution is -0.385. The summed E-state index contributed by atoms with van der Waals surface area (Å²) < 4.78 is 13.0. The lowest BCUT2D eigenvalue weighted by Gasteiger charge is -2.06. The Bertz CT molecular complexity index is 451. The van der Waals surface area contributed by atoms with E-state index in [-0.39, 0.29) is 23.7 Å². The number of halogens is 1. The minimum Gasteiger partial charge on any atom is -0.355 e. The van der Waals surface area contributed by atoms with Crippen LogP contribution < -0.4 is 10.6 Å². The molecule has 0 aliphatic rings. The molecule has 1 aromatic carbocycles. The van der Waals surface area contributed by atoms with E-state index in [0.29, 0.717) is 13.1 Å². The Kier molecular flexibility index (Phi) is 5.19. The molecule has 2 N–H and O–H groups in total. The van der Waals surface area contributed by atoms with E-state index in [4.69, 9.17) is 0 Å². The van der Waals surface area contributed by atoms with Gasteiger partial charge in [0.1, 0.15) is 5.82 Å². The van der Waals surface area contributed by atoms with Crippen LogP contribution in [-0.2, 0) is 11.3 Å². The third kappa shape index (κ3) is 4.46. The first-order chi connectivity index (χ1) is 8.50. The van der Waals surface area contributed by atoms with Crippen LogP contribution in [0.15, 0.2) is 18.2 Å². The SMILES string of the molecule is CC(=O)NCCNCc1cc(F)ccc1[N+](=O)[O-]. The third-order valence-electron chi connectivity index (χ3n) is 2.23. The molecule has 0 aliphatic carbocycles. The summed E-state index contributed by atoms with van der Waals surface area (Å²) in [7, 11) is 0. The van der Waals surface area contributed by atoms with E-state index in [9.17, 15) is 19.3 Å². The maximum atomic E-state index is 13.0. The maximum absolute atomic E-state index is 13.0. The van der Waals surface area contributed by atoms with Gasteiger partial charge >= 0.3 is 0 Å². The number of hydrogen-bond donors (Lipinski definition) is 2. The highest BCUT2D eigenvalue weighted by atomic mass is 19.1. The minimum atomic E-state index is -0.551. The summed E-state index contributed by atoms with van der Waals surface area (Å²) in [6, 6.07) is 3.32. The summed E-state index contributed by atoms with van der Waals surface area (Å²) in [5.74, 6) is -0.659. The maximum Gasteiger partial charge on any atom is 0.274 e. The van der Waals surface area contributed by atoms with Crippen LogP contribution in [0.2, 0.25) is 0 Å². The summed E-state index contributed by atoms with van der Waals surface area (Å²) in [5, 5.41) is 16.2. The van der Waals surface area contributed by atoms with Gasteiger partial charge in [0.25, 0.3) is 5.69 Å². The van der Waals surface area contributed by atoms with E-state index >= 15 is 0 Å². The van der Waals surface area contributed by atoms with Crippen molar-refractivity contribution in [3.63, 3.8) is 0 Å². The van der Waals surface area contributed by atoms with Crippen molar-refractivity contribution in [3.05, 3.63) is 39.7 Å². The van der Waals surface area contributed by atoms with Gasteiger partial charge in [0, 0.05) is 38.2 Å². The zero-order chi connectivity index (χ0) is 13.5. The third-order valence-corrected chi connectivity index (χ3v) is 2.23. The van der Waals surface area contributed by atoms with E-state index in [1.165, 1.54) is 6.92 Å². The van der Waals surface area contributed by atoms with Crippen LogP contribution in [0.5, 0.6) is 0 Å². The Labute approximate surface area is 103 Å². The van der Waals surface area contributed by atoms with Gasteiger partial charge in [-0.3, -0.25) is 14.9 Å². The van der Waals surface area contributed by atoms with Crippen LogP contribution in [0, 0.1) is 15.9 Å². The highest BCUT2D eigenvalue weighted by Gasteiger charge is 2.13. The molecule has 0 bridgehead atoms.